The highest BCUT2D eigenvalue weighted by Crippen LogP contribution is 2.22. The van der Waals surface area contributed by atoms with E-state index in [1.165, 1.54) is 83.5 Å². The van der Waals surface area contributed by atoms with E-state index >= 15 is 0 Å². The normalized spacial score (nSPS) is 12.8. The van der Waals surface area contributed by atoms with Crippen LogP contribution in [-0.2, 0) is 0 Å². The molecule has 1 heteroatoms. The van der Waals surface area contributed by atoms with Gasteiger partial charge in [-0.2, -0.15) is 0 Å². The molecule has 0 aliphatic heterocycles. The Labute approximate surface area is 116 Å². The molecular weight excluding hydrogens is 218 g/mol. The second-order valence-electron chi connectivity index (χ2n) is 5.85. The third-order valence-electron chi connectivity index (χ3n) is 4.00. The predicted octanol–water partition coefficient (Wildman–Crippen LogP) is 5.67. The van der Waals surface area contributed by atoms with Gasteiger partial charge in [-0.15, -0.1) is 0 Å². The summed E-state index contributed by atoms with van der Waals surface area (Å²) in [5.41, 5.74) is 5.65. The van der Waals surface area contributed by atoms with Gasteiger partial charge in [0.1, 0.15) is 0 Å². The Morgan fingerprint density at radius 3 is 1.56 bits per heavy atom. The standard InChI is InChI=1S/C17H37N/c1-3-5-7-9-11-14-17(15-12-16-18)13-10-8-6-4-2/h17H,3-16,18H2,1-2H3. The van der Waals surface area contributed by atoms with Crippen molar-refractivity contribution in [2.75, 3.05) is 6.54 Å². The molecular formula is C17H37N. The Morgan fingerprint density at radius 1 is 0.611 bits per heavy atom. The van der Waals surface area contributed by atoms with E-state index in [1.807, 2.05) is 0 Å². The van der Waals surface area contributed by atoms with Crippen LogP contribution in [0.2, 0.25) is 0 Å². The molecule has 0 aromatic carbocycles. The lowest BCUT2D eigenvalue weighted by Gasteiger charge is -2.16. The lowest BCUT2D eigenvalue weighted by molar-refractivity contribution is 0.375. The van der Waals surface area contributed by atoms with Gasteiger partial charge in [0.2, 0.25) is 0 Å². The van der Waals surface area contributed by atoms with Crippen LogP contribution < -0.4 is 5.73 Å². The van der Waals surface area contributed by atoms with Gasteiger partial charge in [0, 0.05) is 0 Å². The second kappa shape index (κ2) is 15.0. The van der Waals surface area contributed by atoms with Crippen molar-refractivity contribution in [2.45, 2.75) is 97.3 Å². The van der Waals surface area contributed by atoms with Crippen molar-refractivity contribution in [3.63, 3.8) is 0 Å². The first-order chi connectivity index (χ1) is 8.85. The van der Waals surface area contributed by atoms with Crippen molar-refractivity contribution in [3.05, 3.63) is 0 Å². The molecule has 0 saturated carbocycles. The second-order valence-corrected chi connectivity index (χ2v) is 5.85. The van der Waals surface area contributed by atoms with Crippen molar-refractivity contribution >= 4 is 0 Å². The van der Waals surface area contributed by atoms with Gasteiger partial charge >= 0.3 is 0 Å². The number of hydrogen-bond acceptors (Lipinski definition) is 1. The summed E-state index contributed by atoms with van der Waals surface area (Å²) in [6.07, 6.45) is 18.3. The molecule has 0 heterocycles. The van der Waals surface area contributed by atoms with E-state index in [0.717, 1.165) is 12.5 Å². The molecule has 0 rings (SSSR count). The van der Waals surface area contributed by atoms with E-state index in [2.05, 4.69) is 13.8 Å². The fourth-order valence-electron chi connectivity index (χ4n) is 2.74. The minimum absolute atomic E-state index is 0.876. The van der Waals surface area contributed by atoms with Gasteiger partial charge in [0.25, 0.3) is 0 Å². The van der Waals surface area contributed by atoms with Crippen molar-refractivity contribution in [3.8, 4) is 0 Å². The van der Waals surface area contributed by atoms with Crippen LogP contribution in [0.5, 0.6) is 0 Å². The molecule has 110 valence electrons. The minimum atomic E-state index is 0.876. The molecule has 0 amide bonds. The topological polar surface area (TPSA) is 26.0 Å². The Bertz CT molecular complexity index is 145. The van der Waals surface area contributed by atoms with Crippen molar-refractivity contribution in [1.82, 2.24) is 0 Å². The molecule has 0 aliphatic rings. The summed E-state index contributed by atoms with van der Waals surface area (Å²) in [5.74, 6) is 0.965. The zero-order valence-electron chi connectivity index (χ0n) is 13.1. The SMILES string of the molecule is CCCCCCCC(CCCN)CCCCCC. The first-order valence-corrected chi connectivity index (χ1v) is 8.55. The zero-order chi connectivity index (χ0) is 13.5. The molecule has 1 unspecified atom stereocenters. The summed E-state index contributed by atoms with van der Waals surface area (Å²) in [5, 5.41) is 0. The van der Waals surface area contributed by atoms with Crippen LogP contribution in [0.1, 0.15) is 97.3 Å². The average molecular weight is 255 g/mol. The third kappa shape index (κ3) is 12.4. The molecule has 0 spiro atoms. The summed E-state index contributed by atoms with van der Waals surface area (Å²) in [7, 11) is 0. The van der Waals surface area contributed by atoms with Gasteiger partial charge in [-0.3, -0.25) is 0 Å². The van der Waals surface area contributed by atoms with Crippen LogP contribution in [0.3, 0.4) is 0 Å². The molecule has 0 aromatic rings. The van der Waals surface area contributed by atoms with Gasteiger partial charge in [-0.25, -0.2) is 0 Å². The van der Waals surface area contributed by atoms with Crippen molar-refractivity contribution in [2.24, 2.45) is 11.7 Å². The molecule has 0 bridgehead atoms. The Balaban J connectivity index is 3.56. The van der Waals surface area contributed by atoms with Gasteiger partial charge in [-0.05, 0) is 25.3 Å². The number of rotatable bonds is 14. The molecule has 1 nitrogen and oxygen atoms in total. The molecule has 0 saturated heterocycles. The molecule has 2 N–H and O–H groups in total. The molecule has 0 aromatic heterocycles. The molecule has 0 aliphatic carbocycles. The Hall–Kier alpha value is -0.0400. The number of unbranched alkanes of at least 4 members (excludes halogenated alkanes) is 7. The average Bonchev–Trinajstić information content (AvgIpc) is 2.39. The fourth-order valence-corrected chi connectivity index (χ4v) is 2.74. The maximum absolute atomic E-state index is 5.65. The molecule has 18 heavy (non-hydrogen) atoms. The number of nitrogens with two attached hydrogens (primary N) is 1. The van der Waals surface area contributed by atoms with Crippen LogP contribution in [0.25, 0.3) is 0 Å². The summed E-state index contributed by atoms with van der Waals surface area (Å²) in [4.78, 5) is 0. The van der Waals surface area contributed by atoms with Crippen LogP contribution in [0.15, 0.2) is 0 Å². The zero-order valence-corrected chi connectivity index (χ0v) is 13.1. The van der Waals surface area contributed by atoms with E-state index in [9.17, 15) is 0 Å². The largest absolute Gasteiger partial charge is 0.330 e. The first-order valence-electron chi connectivity index (χ1n) is 8.55. The number of hydrogen-bond donors (Lipinski definition) is 1. The summed E-state index contributed by atoms with van der Waals surface area (Å²) < 4.78 is 0. The van der Waals surface area contributed by atoms with Crippen LogP contribution >= 0.6 is 0 Å². The summed E-state index contributed by atoms with van der Waals surface area (Å²) in [6.45, 7) is 5.46. The maximum Gasteiger partial charge on any atom is -0.00772 e. The van der Waals surface area contributed by atoms with Crippen molar-refractivity contribution in [1.29, 1.82) is 0 Å². The van der Waals surface area contributed by atoms with Gasteiger partial charge in [0.15, 0.2) is 0 Å². The van der Waals surface area contributed by atoms with Crippen LogP contribution in [0.4, 0.5) is 0 Å². The third-order valence-corrected chi connectivity index (χ3v) is 4.00. The monoisotopic (exact) mass is 255 g/mol. The Kier molecular flexibility index (Phi) is 15.0. The first kappa shape index (κ1) is 18.0. The highest BCUT2D eigenvalue weighted by molar-refractivity contribution is 4.61. The van der Waals surface area contributed by atoms with Gasteiger partial charge in [-0.1, -0.05) is 84.5 Å². The highest BCUT2D eigenvalue weighted by atomic mass is 14.5. The van der Waals surface area contributed by atoms with Gasteiger partial charge < -0.3 is 5.73 Å². The quantitative estimate of drug-likeness (QED) is 0.397. The van der Waals surface area contributed by atoms with Crippen LogP contribution in [0, 0.1) is 5.92 Å². The minimum Gasteiger partial charge on any atom is -0.330 e. The fraction of sp³-hybridized carbons (Fsp3) is 1.00. The lowest BCUT2D eigenvalue weighted by atomic mass is 9.90. The van der Waals surface area contributed by atoms with E-state index in [0.29, 0.717) is 0 Å². The smallest absolute Gasteiger partial charge is 0.00772 e. The summed E-state index contributed by atoms with van der Waals surface area (Å²) in [6, 6.07) is 0. The molecule has 0 fully saturated rings. The van der Waals surface area contributed by atoms with Crippen molar-refractivity contribution < 1.29 is 0 Å². The molecule has 1 atom stereocenters. The van der Waals surface area contributed by atoms with E-state index in [-0.39, 0.29) is 0 Å². The van der Waals surface area contributed by atoms with E-state index in [1.54, 1.807) is 0 Å². The van der Waals surface area contributed by atoms with E-state index < -0.39 is 0 Å². The highest BCUT2D eigenvalue weighted by Gasteiger charge is 2.07. The van der Waals surface area contributed by atoms with E-state index in [4.69, 9.17) is 5.73 Å². The predicted molar refractivity (Wildman–Crippen MR) is 83.9 cm³/mol. The van der Waals surface area contributed by atoms with Crippen LogP contribution in [-0.4, -0.2) is 6.54 Å². The molecule has 0 radical (unpaired) electrons. The Morgan fingerprint density at radius 2 is 1.06 bits per heavy atom. The lowest BCUT2D eigenvalue weighted by Crippen LogP contribution is -2.06. The van der Waals surface area contributed by atoms with Gasteiger partial charge in [0.05, 0.1) is 0 Å². The summed E-state index contributed by atoms with van der Waals surface area (Å²) >= 11 is 0. The maximum atomic E-state index is 5.65.